The molecule has 0 aliphatic carbocycles. The monoisotopic (exact) mass is 356 g/mol. The number of ether oxygens (including phenoxy) is 3. The van der Waals surface area contributed by atoms with Gasteiger partial charge in [0.15, 0.2) is 0 Å². The Balaban J connectivity index is 0.000000697. The molecule has 1 aromatic carbocycles. The third-order valence-corrected chi connectivity index (χ3v) is 2.95. The molecule has 0 aliphatic heterocycles. The second kappa shape index (κ2) is 16.9. The summed E-state index contributed by atoms with van der Waals surface area (Å²) in [6.45, 7) is 0.998. The maximum atomic E-state index is 11.4. The van der Waals surface area contributed by atoms with Gasteiger partial charge in [-0.3, -0.25) is 9.59 Å². The summed E-state index contributed by atoms with van der Waals surface area (Å²) >= 11 is 0. The number of esters is 2. The molecular weight excluding hydrogens is 328 g/mol. The van der Waals surface area contributed by atoms with Crippen LogP contribution in [0.2, 0.25) is 0 Å². The zero-order chi connectivity index (χ0) is 18.8. The number of benzene rings is 1. The maximum absolute atomic E-state index is 11.4. The number of carbonyl (C=O) groups excluding carboxylic acids is 2. The highest BCUT2D eigenvalue weighted by atomic mass is 16.5. The molecule has 0 aliphatic rings. The minimum absolute atomic E-state index is 0.0278. The van der Waals surface area contributed by atoms with Crippen LogP contribution in [-0.2, 0) is 30.4 Å². The van der Waals surface area contributed by atoms with E-state index in [1.54, 1.807) is 0 Å². The van der Waals surface area contributed by atoms with Crippen molar-refractivity contribution in [1.29, 1.82) is 0 Å². The number of unbranched alkanes of at least 4 members (excludes halogenated alkanes) is 1. The zero-order valence-corrected chi connectivity index (χ0v) is 14.7. The molecule has 25 heavy (non-hydrogen) atoms. The van der Waals surface area contributed by atoms with Gasteiger partial charge in [0, 0.05) is 12.8 Å². The first-order valence-corrected chi connectivity index (χ1v) is 8.19. The molecule has 0 radical (unpaired) electrons. The van der Waals surface area contributed by atoms with E-state index in [0.29, 0.717) is 45.5 Å². The molecule has 142 valence electrons. The molecule has 0 saturated heterocycles. The molecule has 1 rings (SSSR count). The molecule has 0 amide bonds. The van der Waals surface area contributed by atoms with Gasteiger partial charge in [0.25, 0.3) is 0 Å². The van der Waals surface area contributed by atoms with Crippen LogP contribution in [0.25, 0.3) is 0 Å². The summed E-state index contributed by atoms with van der Waals surface area (Å²) in [4.78, 5) is 22.2. The first-order valence-electron chi connectivity index (χ1n) is 8.19. The van der Waals surface area contributed by atoms with Crippen LogP contribution >= 0.6 is 0 Å². The van der Waals surface area contributed by atoms with Crippen LogP contribution in [0.5, 0.6) is 0 Å². The fourth-order valence-corrected chi connectivity index (χ4v) is 1.68. The SMILES string of the molecule is COC(=O)CCCCC(=O)OCc1ccccc1.OCCOCCO. The minimum Gasteiger partial charge on any atom is -0.469 e. The first-order chi connectivity index (χ1) is 12.1. The molecule has 0 fully saturated rings. The molecular formula is C18H28O7. The highest BCUT2D eigenvalue weighted by Gasteiger charge is 2.05. The largest absolute Gasteiger partial charge is 0.469 e. The predicted octanol–water partition coefficient (Wildman–Crippen LogP) is 1.45. The lowest BCUT2D eigenvalue weighted by Gasteiger charge is -2.04. The van der Waals surface area contributed by atoms with Crippen molar-refractivity contribution in [3.05, 3.63) is 35.9 Å². The van der Waals surface area contributed by atoms with Crippen LogP contribution in [0.3, 0.4) is 0 Å². The van der Waals surface area contributed by atoms with E-state index in [-0.39, 0.29) is 25.2 Å². The van der Waals surface area contributed by atoms with E-state index in [9.17, 15) is 9.59 Å². The molecule has 2 N–H and O–H groups in total. The minimum atomic E-state index is -0.243. The van der Waals surface area contributed by atoms with E-state index in [2.05, 4.69) is 9.47 Å². The summed E-state index contributed by atoms with van der Waals surface area (Å²) in [6, 6.07) is 9.53. The smallest absolute Gasteiger partial charge is 0.306 e. The van der Waals surface area contributed by atoms with Crippen LogP contribution < -0.4 is 0 Å². The quantitative estimate of drug-likeness (QED) is 0.457. The number of methoxy groups -OCH3 is 1. The molecule has 0 saturated carbocycles. The van der Waals surface area contributed by atoms with Gasteiger partial charge in [0.2, 0.25) is 0 Å². The standard InChI is InChI=1S/C14H18O4.C4H10O3/c1-17-13(15)9-5-6-10-14(16)18-11-12-7-3-2-4-8-12;5-1-3-7-4-2-6/h2-4,7-8H,5-6,9-11H2,1H3;5-6H,1-4H2. The van der Waals surface area contributed by atoms with E-state index in [4.69, 9.17) is 14.9 Å². The summed E-state index contributed by atoms with van der Waals surface area (Å²) in [7, 11) is 1.36. The van der Waals surface area contributed by atoms with Gasteiger partial charge in [-0.2, -0.15) is 0 Å². The Morgan fingerprint density at radius 1 is 0.920 bits per heavy atom. The molecule has 0 bridgehead atoms. The van der Waals surface area contributed by atoms with E-state index in [0.717, 1.165) is 5.56 Å². The number of carbonyl (C=O) groups is 2. The predicted molar refractivity (Wildman–Crippen MR) is 91.7 cm³/mol. The highest BCUT2D eigenvalue weighted by Crippen LogP contribution is 2.05. The number of hydrogen-bond donors (Lipinski definition) is 2. The molecule has 1 aromatic rings. The van der Waals surface area contributed by atoms with Gasteiger partial charge < -0.3 is 24.4 Å². The summed E-state index contributed by atoms with van der Waals surface area (Å²) in [5.74, 6) is -0.476. The normalized spacial score (nSPS) is 9.72. The summed E-state index contributed by atoms with van der Waals surface area (Å²) in [5.41, 5.74) is 0.973. The van der Waals surface area contributed by atoms with Crippen molar-refractivity contribution < 1.29 is 34.0 Å². The van der Waals surface area contributed by atoms with Gasteiger partial charge in [-0.05, 0) is 18.4 Å². The molecule has 0 unspecified atom stereocenters. The molecule has 0 atom stereocenters. The van der Waals surface area contributed by atoms with Crippen molar-refractivity contribution in [2.45, 2.75) is 32.3 Å². The molecule has 0 aromatic heterocycles. The molecule has 7 heteroatoms. The fraction of sp³-hybridized carbons (Fsp3) is 0.556. The number of aliphatic hydroxyl groups excluding tert-OH is 2. The third-order valence-electron chi connectivity index (χ3n) is 2.95. The Hall–Kier alpha value is -1.96. The van der Waals surface area contributed by atoms with Crippen LogP contribution in [0.15, 0.2) is 30.3 Å². The second-order valence-electron chi connectivity index (χ2n) is 4.99. The van der Waals surface area contributed by atoms with Crippen LogP contribution in [-0.4, -0.2) is 55.7 Å². The molecule has 0 heterocycles. The Bertz CT molecular complexity index is 444. The second-order valence-corrected chi connectivity index (χ2v) is 4.99. The van der Waals surface area contributed by atoms with Crippen LogP contribution in [0, 0.1) is 0 Å². The van der Waals surface area contributed by atoms with Gasteiger partial charge in [0.05, 0.1) is 33.5 Å². The highest BCUT2D eigenvalue weighted by molar-refractivity contribution is 5.70. The van der Waals surface area contributed by atoms with Crippen molar-refractivity contribution in [2.75, 3.05) is 33.5 Å². The van der Waals surface area contributed by atoms with E-state index < -0.39 is 0 Å². The topological polar surface area (TPSA) is 102 Å². The Morgan fingerprint density at radius 2 is 1.48 bits per heavy atom. The molecule has 0 spiro atoms. The van der Waals surface area contributed by atoms with Gasteiger partial charge >= 0.3 is 11.9 Å². The average molecular weight is 356 g/mol. The zero-order valence-electron chi connectivity index (χ0n) is 14.7. The lowest BCUT2D eigenvalue weighted by molar-refractivity contribution is -0.145. The van der Waals surface area contributed by atoms with Crippen molar-refractivity contribution >= 4 is 11.9 Å². The van der Waals surface area contributed by atoms with Gasteiger partial charge in [-0.15, -0.1) is 0 Å². The lowest BCUT2D eigenvalue weighted by Crippen LogP contribution is -2.05. The number of aliphatic hydroxyl groups is 2. The number of rotatable bonds is 11. The Labute approximate surface area is 148 Å². The molecule has 7 nitrogen and oxygen atoms in total. The number of hydrogen-bond acceptors (Lipinski definition) is 7. The average Bonchev–Trinajstić information content (AvgIpc) is 2.65. The Kier molecular flexibility index (Phi) is 15.6. The van der Waals surface area contributed by atoms with E-state index in [1.165, 1.54) is 7.11 Å². The lowest BCUT2D eigenvalue weighted by atomic mass is 10.2. The summed E-state index contributed by atoms with van der Waals surface area (Å²) < 4.78 is 14.2. The van der Waals surface area contributed by atoms with Crippen molar-refractivity contribution in [3.8, 4) is 0 Å². The van der Waals surface area contributed by atoms with E-state index in [1.807, 2.05) is 30.3 Å². The maximum Gasteiger partial charge on any atom is 0.306 e. The summed E-state index contributed by atoms with van der Waals surface area (Å²) in [6.07, 6.45) is 1.97. The third kappa shape index (κ3) is 15.3. The first kappa shape index (κ1) is 23.0. The van der Waals surface area contributed by atoms with Crippen molar-refractivity contribution in [1.82, 2.24) is 0 Å². The van der Waals surface area contributed by atoms with Crippen LogP contribution in [0.1, 0.15) is 31.2 Å². The van der Waals surface area contributed by atoms with Gasteiger partial charge in [0.1, 0.15) is 6.61 Å². The Morgan fingerprint density at radius 3 is 2.00 bits per heavy atom. The van der Waals surface area contributed by atoms with Crippen molar-refractivity contribution in [2.24, 2.45) is 0 Å². The van der Waals surface area contributed by atoms with Gasteiger partial charge in [-0.1, -0.05) is 30.3 Å². The van der Waals surface area contributed by atoms with Crippen molar-refractivity contribution in [3.63, 3.8) is 0 Å². The summed E-state index contributed by atoms with van der Waals surface area (Å²) in [5, 5.41) is 16.2. The fourth-order valence-electron chi connectivity index (χ4n) is 1.68. The van der Waals surface area contributed by atoms with E-state index >= 15 is 0 Å². The van der Waals surface area contributed by atoms with Gasteiger partial charge in [-0.25, -0.2) is 0 Å². The van der Waals surface area contributed by atoms with Crippen LogP contribution in [0.4, 0.5) is 0 Å².